The zero-order chi connectivity index (χ0) is 13.8. The number of nitrogens with zero attached hydrogens (tertiary/aromatic N) is 1. The van der Waals surface area contributed by atoms with Gasteiger partial charge in [-0.05, 0) is 30.7 Å². The average Bonchev–Trinajstić information content (AvgIpc) is 2.42. The highest BCUT2D eigenvalue weighted by Gasteiger charge is 2.20. The van der Waals surface area contributed by atoms with E-state index in [2.05, 4.69) is 5.32 Å². The smallest absolute Gasteiger partial charge is 0.283 e. The van der Waals surface area contributed by atoms with Crippen molar-refractivity contribution < 1.29 is 14.6 Å². The van der Waals surface area contributed by atoms with Gasteiger partial charge in [-0.1, -0.05) is 12.2 Å². The number of nitrogens with one attached hydrogen (secondary N) is 1. The van der Waals surface area contributed by atoms with E-state index >= 15 is 0 Å². The van der Waals surface area contributed by atoms with Gasteiger partial charge in [-0.2, -0.15) is 0 Å². The van der Waals surface area contributed by atoms with Crippen molar-refractivity contribution >= 4 is 28.8 Å². The largest absolute Gasteiger partial charge is 0.508 e. The first-order chi connectivity index (χ1) is 9.08. The third kappa shape index (κ3) is 3.42. The molecule has 1 aromatic carbocycles. The van der Waals surface area contributed by atoms with Crippen LogP contribution >= 0.6 is 12.2 Å². The summed E-state index contributed by atoms with van der Waals surface area (Å²) in [5, 5.41) is 12.1. The number of anilines is 1. The number of rotatable bonds is 1. The summed E-state index contributed by atoms with van der Waals surface area (Å²) in [6.45, 7) is 4.27. The summed E-state index contributed by atoms with van der Waals surface area (Å²) in [4.78, 5) is 14.2. The molecular weight excluding hydrogens is 264 g/mol. The van der Waals surface area contributed by atoms with Crippen LogP contribution in [0.25, 0.3) is 0 Å². The predicted octanol–water partition coefficient (Wildman–Crippen LogP) is 1.30. The molecule has 19 heavy (non-hydrogen) atoms. The number of thiocarbonyl (C=S) groups is 1. The molecule has 102 valence electrons. The van der Waals surface area contributed by atoms with Crippen LogP contribution in [0.5, 0.6) is 5.75 Å². The lowest BCUT2D eigenvalue weighted by molar-refractivity contribution is -0.111. The van der Waals surface area contributed by atoms with E-state index in [-0.39, 0.29) is 16.6 Å². The van der Waals surface area contributed by atoms with Crippen molar-refractivity contribution in [3.63, 3.8) is 0 Å². The molecule has 0 aliphatic carbocycles. The Morgan fingerprint density at radius 1 is 1.42 bits per heavy atom. The lowest BCUT2D eigenvalue weighted by atomic mass is 10.2. The molecule has 0 unspecified atom stereocenters. The second kappa shape index (κ2) is 5.99. The molecule has 0 radical (unpaired) electrons. The van der Waals surface area contributed by atoms with Crippen LogP contribution in [0, 0.1) is 6.92 Å². The first kappa shape index (κ1) is 13.8. The Hall–Kier alpha value is -1.66. The van der Waals surface area contributed by atoms with Gasteiger partial charge in [-0.25, -0.2) is 0 Å². The molecule has 5 nitrogen and oxygen atoms in total. The van der Waals surface area contributed by atoms with E-state index in [1.54, 1.807) is 12.1 Å². The number of phenolic OH excluding ortho intramolecular Hbond substituents is 1. The molecule has 1 heterocycles. The van der Waals surface area contributed by atoms with Gasteiger partial charge in [0.25, 0.3) is 5.91 Å². The van der Waals surface area contributed by atoms with Crippen molar-refractivity contribution in [1.82, 2.24) is 4.90 Å². The topological polar surface area (TPSA) is 61.8 Å². The predicted molar refractivity (Wildman–Crippen MR) is 76.5 cm³/mol. The maximum absolute atomic E-state index is 12.1. The Balaban J connectivity index is 2.01. The normalized spacial score (nSPS) is 15.1. The highest BCUT2D eigenvalue weighted by Crippen LogP contribution is 2.20. The SMILES string of the molecule is Cc1cc(O)ccc1NC(=O)C(=S)N1CCOCC1. The van der Waals surface area contributed by atoms with Crippen molar-refractivity contribution in [2.75, 3.05) is 31.6 Å². The van der Waals surface area contributed by atoms with Gasteiger partial charge < -0.3 is 20.1 Å². The number of amides is 1. The second-order valence-electron chi connectivity index (χ2n) is 4.36. The van der Waals surface area contributed by atoms with Gasteiger partial charge in [-0.15, -0.1) is 0 Å². The van der Waals surface area contributed by atoms with Gasteiger partial charge in [0.05, 0.1) is 13.2 Å². The number of morpholine rings is 1. The van der Waals surface area contributed by atoms with Crippen LogP contribution < -0.4 is 5.32 Å². The Morgan fingerprint density at radius 2 is 2.11 bits per heavy atom. The van der Waals surface area contributed by atoms with Crippen LogP contribution in [-0.4, -0.2) is 47.2 Å². The van der Waals surface area contributed by atoms with Gasteiger partial charge >= 0.3 is 0 Å². The third-order valence-electron chi connectivity index (χ3n) is 2.95. The maximum atomic E-state index is 12.1. The number of hydrogen-bond acceptors (Lipinski definition) is 4. The molecule has 1 aliphatic rings. The maximum Gasteiger partial charge on any atom is 0.283 e. The summed E-state index contributed by atoms with van der Waals surface area (Å²) in [5.74, 6) is -0.128. The highest BCUT2D eigenvalue weighted by atomic mass is 32.1. The molecule has 1 aromatic rings. The number of carbonyl (C=O) groups excluding carboxylic acids is 1. The number of hydrogen-bond donors (Lipinski definition) is 2. The van der Waals surface area contributed by atoms with Crippen molar-refractivity contribution in [3.8, 4) is 5.75 Å². The zero-order valence-corrected chi connectivity index (χ0v) is 11.5. The van der Waals surface area contributed by atoms with Crippen LogP contribution in [0.15, 0.2) is 18.2 Å². The van der Waals surface area contributed by atoms with Crippen molar-refractivity contribution in [2.24, 2.45) is 0 Å². The van der Waals surface area contributed by atoms with Crippen LogP contribution in [-0.2, 0) is 9.53 Å². The van der Waals surface area contributed by atoms with E-state index in [4.69, 9.17) is 17.0 Å². The molecule has 1 fully saturated rings. The first-order valence-corrected chi connectivity index (χ1v) is 6.46. The van der Waals surface area contributed by atoms with Gasteiger partial charge in [-0.3, -0.25) is 4.79 Å². The van der Waals surface area contributed by atoms with Crippen LogP contribution in [0.1, 0.15) is 5.56 Å². The lowest BCUT2D eigenvalue weighted by Gasteiger charge is -2.28. The van der Waals surface area contributed by atoms with Crippen molar-refractivity contribution in [2.45, 2.75) is 6.92 Å². The first-order valence-electron chi connectivity index (χ1n) is 6.05. The molecule has 0 saturated carbocycles. The zero-order valence-electron chi connectivity index (χ0n) is 10.7. The van der Waals surface area contributed by atoms with E-state index in [0.29, 0.717) is 32.0 Å². The van der Waals surface area contributed by atoms with E-state index in [1.807, 2.05) is 11.8 Å². The van der Waals surface area contributed by atoms with Crippen molar-refractivity contribution in [3.05, 3.63) is 23.8 Å². The summed E-state index contributed by atoms with van der Waals surface area (Å²) >= 11 is 5.17. The molecule has 1 amide bonds. The number of ether oxygens (including phenoxy) is 1. The highest BCUT2D eigenvalue weighted by molar-refractivity contribution is 7.82. The van der Waals surface area contributed by atoms with Gasteiger partial charge in [0.2, 0.25) is 0 Å². The lowest BCUT2D eigenvalue weighted by Crippen LogP contribution is -2.44. The van der Waals surface area contributed by atoms with E-state index < -0.39 is 0 Å². The molecule has 1 saturated heterocycles. The molecule has 2 rings (SSSR count). The number of aromatic hydroxyl groups is 1. The average molecular weight is 280 g/mol. The number of phenols is 1. The molecule has 1 aliphatic heterocycles. The summed E-state index contributed by atoms with van der Waals surface area (Å²) < 4.78 is 5.22. The number of aryl methyl sites for hydroxylation is 1. The minimum absolute atomic E-state index is 0.172. The van der Waals surface area contributed by atoms with Crippen LogP contribution in [0.4, 0.5) is 5.69 Å². The van der Waals surface area contributed by atoms with Crippen molar-refractivity contribution in [1.29, 1.82) is 0 Å². The minimum Gasteiger partial charge on any atom is -0.508 e. The van der Waals surface area contributed by atoms with Gasteiger partial charge in [0.1, 0.15) is 5.75 Å². The minimum atomic E-state index is -0.300. The number of carbonyl (C=O) groups is 1. The fraction of sp³-hybridized carbons (Fsp3) is 0.385. The standard InChI is InChI=1S/C13H16N2O3S/c1-9-8-10(16)2-3-11(9)14-12(17)13(19)15-4-6-18-7-5-15/h2-3,8,16H,4-7H2,1H3,(H,14,17). The van der Waals surface area contributed by atoms with Crippen LogP contribution in [0.3, 0.4) is 0 Å². The van der Waals surface area contributed by atoms with Gasteiger partial charge in [0.15, 0.2) is 4.99 Å². The molecule has 0 bridgehead atoms. The second-order valence-corrected chi connectivity index (χ2v) is 4.74. The number of benzene rings is 1. The monoisotopic (exact) mass is 280 g/mol. The van der Waals surface area contributed by atoms with E-state index in [9.17, 15) is 9.90 Å². The van der Waals surface area contributed by atoms with Gasteiger partial charge in [0, 0.05) is 18.8 Å². The fourth-order valence-electron chi connectivity index (χ4n) is 1.87. The molecule has 0 atom stereocenters. The summed E-state index contributed by atoms with van der Waals surface area (Å²) in [6.07, 6.45) is 0. The Kier molecular flexibility index (Phi) is 4.34. The van der Waals surface area contributed by atoms with Crippen LogP contribution in [0.2, 0.25) is 0 Å². The molecule has 2 N–H and O–H groups in total. The summed E-state index contributed by atoms with van der Waals surface area (Å²) in [5.41, 5.74) is 1.44. The Labute approximate surface area is 117 Å². The summed E-state index contributed by atoms with van der Waals surface area (Å²) in [6, 6.07) is 4.78. The fourth-order valence-corrected chi connectivity index (χ4v) is 2.11. The third-order valence-corrected chi connectivity index (χ3v) is 3.39. The molecule has 6 heteroatoms. The molecular formula is C13H16N2O3S. The molecule has 0 spiro atoms. The Morgan fingerprint density at radius 3 is 2.74 bits per heavy atom. The quantitative estimate of drug-likeness (QED) is 0.600. The molecule has 0 aromatic heterocycles. The van der Waals surface area contributed by atoms with E-state index in [1.165, 1.54) is 6.07 Å². The summed E-state index contributed by atoms with van der Waals surface area (Å²) in [7, 11) is 0. The van der Waals surface area contributed by atoms with E-state index in [0.717, 1.165) is 5.56 Å². The Bertz CT molecular complexity index is 499.